The van der Waals surface area contributed by atoms with Crippen LogP contribution in [0.4, 0.5) is 5.88 Å². The van der Waals surface area contributed by atoms with Gasteiger partial charge in [0.05, 0.1) is 6.61 Å². The molecule has 0 radical (unpaired) electrons. The predicted molar refractivity (Wildman–Crippen MR) is 82.3 cm³/mol. The number of aryl methyl sites for hydroxylation is 1. The molecule has 0 saturated heterocycles. The van der Waals surface area contributed by atoms with Crippen LogP contribution in [-0.4, -0.2) is 25.9 Å². The Kier molecular flexibility index (Phi) is 5.13. The second-order valence-corrected chi connectivity index (χ2v) is 7.36. The molecule has 1 N–H and O–H groups in total. The number of nitrogens with one attached hydrogen (secondary N) is 1. The number of rotatable bonds is 6. The van der Waals surface area contributed by atoms with Crippen molar-refractivity contribution in [3.8, 4) is 0 Å². The van der Waals surface area contributed by atoms with Gasteiger partial charge in [-0.15, -0.1) is 11.3 Å². The summed E-state index contributed by atoms with van der Waals surface area (Å²) in [7, 11) is -2.75. The van der Waals surface area contributed by atoms with Gasteiger partial charge in [-0.1, -0.05) is 16.8 Å². The quantitative estimate of drug-likeness (QED) is 0.768. The average Bonchev–Trinajstić information content (AvgIpc) is 2.98. The van der Waals surface area contributed by atoms with Gasteiger partial charge in [-0.25, -0.2) is 13.1 Å². The summed E-state index contributed by atoms with van der Waals surface area (Å²) in [5.41, 5.74) is 0.631. The molecule has 0 aliphatic carbocycles. The van der Waals surface area contributed by atoms with Crippen LogP contribution in [0.2, 0.25) is 5.02 Å². The van der Waals surface area contributed by atoms with Gasteiger partial charge in [0.1, 0.15) is 20.5 Å². The molecule has 22 heavy (non-hydrogen) atoms. The highest BCUT2D eigenvalue weighted by molar-refractivity contribution is 7.93. The number of hydrogen-bond acceptors (Lipinski definition) is 7. The minimum Gasteiger partial charge on any atom is -0.380 e. The molecule has 2 aromatic rings. The van der Waals surface area contributed by atoms with Crippen molar-refractivity contribution < 1.29 is 22.5 Å². The van der Waals surface area contributed by atoms with Crippen LogP contribution in [-0.2, 0) is 21.4 Å². The molecule has 0 amide bonds. The third-order valence-corrected chi connectivity index (χ3v) is 5.94. The van der Waals surface area contributed by atoms with E-state index >= 15 is 0 Å². The standard InChI is InChI=1S/C11H10Cl2N2O5S2/c1-5-7(12)11(20-14-5)15-22(17,18)9-6(3-19-2)4-21-8(9)10(13)16/h4,15H,3H2,1-2H3. The number of thiophene rings is 1. The van der Waals surface area contributed by atoms with Crippen molar-refractivity contribution in [1.29, 1.82) is 0 Å². The third-order valence-electron chi connectivity index (χ3n) is 2.58. The fourth-order valence-corrected chi connectivity index (χ4v) is 4.73. The van der Waals surface area contributed by atoms with Crippen LogP contribution in [0.5, 0.6) is 0 Å². The van der Waals surface area contributed by atoms with E-state index in [1.54, 1.807) is 6.92 Å². The lowest BCUT2D eigenvalue weighted by Gasteiger charge is -2.08. The molecule has 0 fully saturated rings. The summed E-state index contributed by atoms with van der Waals surface area (Å²) in [6.45, 7) is 1.55. The summed E-state index contributed by atoms with van der Waals surface area (Å²) < 4.78 is 37.0. The van der Waals surface area contributed by atoms with Crippen molar-refractivity contribution in [2.24, 2.45) is 0 Å². The van der Waals surface area contributed by atoms with E-state index in [0.29, 0.717) is 11.3 Å². The largest absolute Gasteiger partial charge is 0.380 e. The van der Waals surface area contributed by atoms with Gasteiger partial charge in [-0.3, -0.25) is 4.79 Å². The number of nitrogens with zero attached hydrogens (tertiary/aromatic N) is 1. The molecule has 2 heterocycles. The molecule has 0 aliphatic rings. The van der Waals surface area contributed by atoms with Crippen LogP contribution in [0.1, 0.15) is 20.9 Å². The summed E-state index contributed by atoms with van der Waals surface area (Å²) >= 11 is 12.2. The minimum atomic E-state index is -4.15. The zero-order valence-electron chi connectivity index (χ0n) is 11.3. The first-order chi connectivity index (χ1) is 10.3. The molecule has 0 spiro atoms. The maximum absolute atomic E-state index is 12.5. The van der Waals surface area contributed by atoms with Gasteiger partial charge < -0.3 is 9.26 Å². The monoisotopic (exact) mass is 384 g/mol. The molecule has 0 aliphatic heterocycles. The Balaban J connectivity index is 2.50. The van der Waals surface area contributed by atoms with Crippen LogP contribution in [0.3, 0.4) is 0 Å². The van der Waals surface area contributed by atoms with Crippen LogP contribution in [0, 0.1) is 6.92 Å². The molecule has 11 heteroatoms. The van der Waals surface area contributed by atoms with Gasteiger partial charge in [-0.2, -0.15) is 0 Å². The number of carbonyl (C=O) groups is 1. The van der Waals surface area contributed by atoms with Gasteiger partial charge >= 0.3 is 0 Å². The van der Waals surface area contributed by atoms with Crippen LogP contribution in [0.25, 0.3) is 0 Å². The van der Waals surface area contributed by atoms with Crippen molar-refractivity contribution in [2.75, 3.05) is 11.8 Å². The normalized spacial score (nSPS) is 11.6. The van der Waals surface area contributed by atoms with Crippen molar-refractivity contribution in [3.05, 3.63) is 26.5 Å². The molecule has 0 atom stereocenters. The third kappa shape index (κ3) is 3.28. The highest BCUT2D eigenvalue weighted by atomic mass is 35.5. The van der Waals surface area contributed by atoms with E-state index in [9.17, 15) is 13.2 Å². The molecule has 0 aromatic carbocycles. The van der Waals surface area contributed by atoms with Gasteiger partial charge in [-0.05, 0) is 23.9 Å². The van der Waals surface area contributed by atoms with Crippen LogP contribution in [0.15, 0.2) is 14.8 Å². The Morgan fingerprint density at radius 1 is 1.55 bits per heavy atom. The molecule has 2 aromatic heterocycles. The first-order valence-electron chi connectivity index (χ1n) is 5.71. The Hall–Kier alpha value is -1.13. The highest BCUT2D eigenvalue weighted by Crippen LogP contribution is 2.33. The fourth-order valence-electron chi connectivity index (χ4n) is 1.66. The Morgan fingerprint density at radius 3 is 2.73 bits per heavy atom. The zero-order valence-corrected chi connectivity index (χ0v) is 14.5. The van der Waals surface area contributed by atoms with Gasteiger partial charge in [0.25, 0.3) is 21.1 Å². The van der Waals surface area contributed by atoms with E-state index in [-0.39, 0.29) is 27.3 Å². The molecule has 7 nitrogen and oxygen atoms in total. The fraction of sp³-hybridized carbons (Fsp3) is 0.273. The lowest BCUT2D eigenvalue weighted by Crippen LogP contribution is -2.16. The number of hydrogen-bond donors (Lipinski definition) is 1. The second-order valence-electron chi connectivity index (χ2n) is 4.14. The maximum Gasteiger partial charge on any atom is 0.266 e. The van der Waals surface area contributed by atoms with E-state index in [1.807, 2.05) is 0 Å². The molecular formula is C11H10Cl2N2O5S2. The Bertz CT molecular complexity index is 813. The number of ether oxygens (including phenoxy) is 1. The number of anilines is 1. The van der Waals surface area contributed by atoms with E-state index in [2.05, 4.69) is 9.88 Å². The van der Waals surface area contributed by atoms with E-state index < -0.39 is 15.3 Å². The van der Waals surface area contributed by atoms with Crippen molar-refractivity contribution in [3.63, 3.8) is 0 Å². The summed E-state index contributed by atoms with van der Waals surface area (Å²) in [6.07, 6.45) is 0. The van der Waals surface area contributed by atoms with E-state index in [1.165, 1.54) is 12.5 Å². The zero-order chi connectivity index (χ0) is 16.5. The molecule has 0 saturated carbocycles. The lowest BCUT2D eigenvalue weighted by atomic mass is 10.3. The van der Waals surface area contributed by atoms with Crippen molar-refractivity contribution in [1.82, 2.24) is 5.16 Å². The number of sulfonamides is 1. The van der Waals surface area contributed by atoms with E-state index in [4.69, 9.17) is 32.5 Å². The number of methoxy groups -OCH3 is 1. The molecule has 0 bridgehead atoms. The first-order valence-corrected chi connectivity index (χ1v) is 8.83. The summed E-state index contributed by atoms with van der Waals surface area (Å²) in [6, 6.07) is 0. The smallest absolute Gasteiger partial charge is 0.266 e. The molecule has 2 rings (SSSR count). The van der Waals surface area contributed by atoms with E-state index in [0.717, 1.165) is 11.3 Å². The summed E-state index contributed by atoms with van der Waals surface area (Å²) in [5.74, 6) is -0.235. The Labute approximate surface area is 140 Å². The average molecular weight is 385 g/mol. The van der Waals surface area contributed by atoms with Gasteiger partial charge in [0.15, 0.2) is 0 Å². The van der Waals surface area contributed by atoms with Crippen molar-refractivity contribution >= 4 is 55.7 Å². The first kappa shape index (κ1) is 17.2. The van der Waals surface area contributed by atoms with Crippen molar-refractivity contribution in [2.45, 2.75) is 18.4 Å². The topological polar surface area (TPSA) is 98.5 Å². The molecular weight excluding hydrogens is 375 g/mol. The SMILES string of the molecule is COCc1csc(C(=O)Cl)c1S(=O)(=O)Nc1onc(C)c1Cl. The highest BCUT2D eigenvalue weighted by Gasteiger charge is 2.29. The number of aromatic nitrogens is 1. The predicted octanol–water partition coefficient (Wildman–Crippen LogP) is 3.02. The maximum atomic E-state index is 12.5. The number of carbonyl (C=O) groups excluding carboxylic acids is 1. The lowest BCUT2D eigenvalue weighted by molar-refractivity contribution is 0.108. The molecule has 0 unspecified atom stereocenters. The molecule has 120 valence electrons. The second kappa shape index (κ2) is 6.55. The summed E-state index contributed by atoms with van der Waals surface area (Å²) in [5, 5.41) is 4.19. The van der Waals surface area contributed by atoms with Gasteiger partial charge in [0.2, 0.25) is 0 Å². The number of halogens is 2. The summed E-state index contributed by atoms with van der Waals surface area (Å²) in [4.78, 5) is 11.1. The minimum absolute atomic E-state index is 0.0000763. The van der Waals surface area contributed by atoms with Gasteiger partial charge in [0, 0.05) is 12.7 Å². The Morgan fingerprint density at radius 2 is 2.23 bits per heavy atom. The van der Waals surface area contributed by atoms with Crippen LogP contribution < -0.4 is 4.72 Å². The van der Waals surface area contributed by atoms with Crippen LogP contribution >= 0.6 is 34.5 Å².